The fraction of sp³-hybridized carbons (Fsp3) is 0.387. The molecule has 0 aromatic rings. The Bertz CT molecular complexity index is 1100. The summed E-state index contributed by atoms with van der Waals surface area (Å²) in [5.74, 6) is 0.163. The van der Waals surface area contributed by atoms with E-state index in [2.05, 4.69) is 36.0 Å². The quantitative estimate of drug-likeness (QED) is 0.0983. The highest BCUT2D eigenvalue weighted by molar-refractivity contribution is 5.87. The average Bonchev–Trinajstić information content (AvgIpc) is 3.18. The minimum atomic E-state index is -0.615. The minimum absolute atomic E-state index is 0.202. The summed E-state index contributed by atoms with van der Waals surface area (Å²) < 4.78 is 27.0. The van der Waals surface area contributed by atoms with Gasteiger partial charge in [-0.05, 0) is 76.8 Å². The van der Waals surface area contributed by atoms with Crippen LogP contribution in [0.4, 0.5) is 8.78 Å². The molecule has 1 heterocycles. The molecule has 0 bridgehead atoms. The Balaban J connectivity index is 3.55. The summed E-state index contributed by atoms with van der Waals surface area (Å²) in [6.45, 7) is 19.8. The van der Waals surface area contributed by atoms with E-state index in [1.54, 1.807) is 11.0 Å². The number of aliphatic hydroxyl groups is 1. The summed E-state index contributed by atoms with van der Waals surface area (Å²) in [6.07, 6.45) is 12.9. The third-order valence-electron chi connectivity index (χ3n) is 5.93. The van der Waals surface area contributed by atoms with Gasteiger partial charge >= 0.3 is 0 Å². The predicted molar refractivity (Wildman–Crippen MR) is 161 cm³/mol. The zero-order chi connectivity index (χ0) is 29.4. The second-order valence-corrected chi connectivity index (χ2v) is 9.40. The van der Waals surface area contributed by atoms with Gasteiger partial charge in [-0.2, -0.15) is 0 Å². The highest BCUT2D eigenvalue weighted by Crippen LogP contribution is 2.25. The molecule has 214 valence electrons. The van der Waals surface area contributed by atoms with Crippen molar-refractivity contribution in [1.82, 2.24) is 20.9 Å². The Hall–Kier alpha value is -3.81. The van der Waals surface area contributed by atoms with Gasteiger partial charge in [0.1, 0.15) is 12.0 Å². The molecule has 0 fully saturated rings. The molecule has 0 aromatic carbocycles. The van der Waals surface area contributed by atoms with E-state index >= 15 is 0 Å². The minimum Gasteiger partial charge on any atom is -0.514 e. The molecule has 1 aliphatic heterocycles. The van der Waals surface area contributed by atoms with Crippen LogP contribution in [0, 0.1) is 0 Å². The number of hydrogen-bond donors (Lipinski definition) is 4. The highest BCUT2D eigenvalue weighted by Gasteiger charge is 2.32. The first-order valence-electron chi connectivity index (χ1n) is 13.2. The van der Waals surface area contributed by atoms with Crippen LogP contribution >= 0.6 is 0 Å². The molecule has 0 aliphatic carbocycles. The third-order valence-corrected chi connectivity index (χ3v) is 5.93. The van der Waals surface area contributed by atoms with E-state index in [-0.39, 0.29) is 12.4 Å². The second-order valence-electron chi connectivity index (χ2n) is 9.40. The molecule has 8 heteroatoms. The van der Waals surface area contributed by atoms with Crippen LogP contribution in [-0.4, -0.2) is 35.2 Å². The molecule has 1 atom stereocenters. The maximum atomic E-state index is 13.5. The predicted octanol–water partition coefficient (Wildman–Crippen LogP) is 7.47. The van der Waals surface area contributed by atoms with Crippen LogP contribution in [0.25, 0.3) is 0 Å². The fourth-order valence-electron chi connectivity index (χ4n) is 3.72. The normalized spacial score (nSPS) is 18.9. The van der Waals surface area contributed by atoms with Crippen molar-refractivity contribution >= 4 is 5.96 Å². The van der Waals surface area contributed by atoms with Crippen molar-refractivity contribution in [2.24, 2.45) is 4.99 Å². The number of rotatable bonds is 15. The van der Waals surface area contributed by atoms with Gasteiger partial charge in [-0.25, -0.2) is 13.8 Å². The van der Waals surface area contributed by atoms with Crippen molar-refractivity contribution in [3.05, 3.63) is 108 Å². The van der Waals surface area contributed by atoms with Gasteiger partial charge in [0.2, 0.25) is 5.96 Å². The third kappa shape index (κ3) is 11.6. The molecule has 6 nitrogen and oxygen atoms in total. The molecular formula is C31H45F2N5O. The fourth-order valence-corrected chi connectivity index (χ4v) is 3.72. The van der Waals surface area contributed by atoms with Crippen molar-refractivity contribution in [3.8, 4) is 0 Å². The lowest BCUT2D eigenvalue weighted by atomic mass is 10.0. The summed E-state index contributed by atoms with van der Waals surface area (Å²) in [5, 5.41) is 20.2. The van der Waals surface area contributed by atoms with Crippen LogP contribution in [-0.2, 0) is 0 Å². The van der Waals surface area contributed by atoms with Crippen LogP contribution in [0.1, 0.15) is 60.8 Å². The Morgan fingerprint density at radius 1 is 1.18 bits per heavy atom. The lowest BCUT2D eigenvalue weighted by molar-refractivity contribution is 0.419. The van der Waals surface area contributed by atoms with Crippen molar-refractivity contribution < 1.29 is 13.9 Å². The van der Waals surface area contributed by atoms with Crippen molar-refractivity contribution in [3.63, 3.8) is 0 Å². The first kappa shape index (κ1) is 33.2. The Labute approximate surface area is 233 Å². The molecule has 0 spiro atoms. The van der Waals surface area contributed by atoms with Crippen molar-refractivity contribution in [1.29, 1.82) is 0 Å². The summed E-state index contributed by atoms with van der Waals surface area (Å²) in [5.41, 5.74) is 5.71. The number of guanidine groups is 1. The first-order valence-corrected chi connectivity index (χ1v) is 13.2. The van der Waals surface area contributed by atoms with Crippen LogP contribution in [0.2, 0.25) is 0 Å². The Morgan fingerprint density at radius 3 is 2.44 bits per heavy atom. The van der Waals surface area contributed by atoms with Gasteiger partial charge in [0, 0.05) is 24.1 Å². The van der Waals surface area contributed by atoms with Gasteiger partial charge in [0.05, 0.1) is 18.7 Å². The number of allylic oxidation sites excluding steroid dienone is 8. The molecule has 1 aliphatic rings. The smallest absolute Gasteiger partial charge is 0.205 e. The summed E-state index contributed by atoms with van der Waals surface area (Å²) in [4.78, 5) is 6.61. The monoisotopic (exact) mass is 541 g/mol. The zero-order valence-corrected chi connectivity index (χ0v) is 24.2. The van der Waals surface area contributed by atoms with Gasteiger partial charge in [-0.1, -0.05) is 49.8 Å². The number of nitrogens with zero attached hydrogens (tertiary/aromatic N) is 2. The van der Waals surface area contributed by atoms with E-state index in [4.69, 9.17) is 4.99 Å². The van der Waals surface area contributed by atoms with Crippen LogP contribution in [0.15, 0.2) is 113 Å². The average molecular weight is 542 g/mol. The van der Waals surface area contributed by atoms with E-state index in [1.807, 2.05) is 46.0 Å². The molecule has 0 aromatic heterocycles. The van der Waals surface area contributed by atoms with Gasteiger partial charge in [0.25, 0.3) is 0 Å². The number of hydrogen-bond acceptors (Lipinski definition) is 6. The summed E-state index contributed by atoms with van der Waals surface area (Å²) in [7, 11) is 0. The van der Waals surface area contributed by atoms with Crippen LogP contribution in [0.5, 0.6) is 0 Å². The number of aliphatic hydroxyl groups excluding tert-OH is 1. The van der Waals surface area contributed by atoms with Crippen LogP contribution in [0.3, 0.4) is 0 Å². The number of halogens is 2. The lowest BCUT2D eigenvalue weighted by Gasteiger charge is -2.26. The van der Waals surface area contributed by atoms with Crippen LogP contribution < -0.4 is 16.0 Å². The topological polar surface area (TPSA) is 71.9 Å². The van der Waals surface area contributed by atoms with E-state index in [0.29, 0.717) is 42.9 Å². The molecule has 1 rings (SSSR count). The van der Waals surface area contributed by atoms with Crippen molar-refractivity contribution in [2.45, 2.75) is 67.0 Å². The molecule has 0 saturated heterocycles. The van der Waals surface area contributed by atoms with E-state index in [0.717, 1.165) is 40.8 Å². The Kier molecular flexibility index (Phi) is 15.0. The standard InChI is InChI=1S/C31H45F2N5O/c1-9-12-28(17-23(6)10-2)36-31-37-30(35-25(8)19-34-18-22(4)5)29(21-39)38(31)20-27(15-16-32)26(11-3)14-13-24(7)33/h9,12-13,15-17,19,21,30,34-35,39H,1,4,10-11,14,18,20H2,2-3,5-8H3,(H,36,37)/b16-15+,23-17-,24-13+,25-19+,27-26-,28-12+,29-21+. The van der Waals surface area contributed by atoms with E-state index < -0.39 is 6.17 Å². The van der Waals surface area contributed by atoms with Crippen molar-refractivity contribution in [2.75, 3.05) is 13.1 Å². The van der Waals surface area contributed by atoms with Gasteiger partial charge in [-0.15, -0.1) is 0 Å². The molecule has 0 amide bonds. The zero-order valence-electron chi connectivity index (χ0n) is 24.2. The number of nitrogens with one attached hydrogen (secondary N) is 3. The lowest BCUT2D eigenvalue weighted by Crippen LogP contribution is -2.39. The summed E-state index contributed by atoms with van der Waals surface area (Å²) in [6, 6.07) is 0. The molecule has 1 unspecified atom stereocenters. The number of aliphatic imine (C=N–C) groups is 1. The summed E-state index contributed by atoms with van der Waals surface area (Å²) >= 11 is 0. The van der Waals surface area contributed by atoms with Gasteiger partial charge < -0.3 is 26.0 Å². The molecule has 39 heavy (non-hydrogen) atoms. The highest BCUT2D eigenvalue weighted by atomic mass is 19.1. The molecule has 0 radical (unpaired) electrons. The maximum absolute atomic E-state index is 13.5. The molecule has 4 N–H and O–H groups in total. The van der Waals surface area contributed by atoms with Gasteiger partial charge in [-0.3, -0.25) is 0 Å². The maximum Gasteiger partial charge on any atom is 0.205 e. The largest absolute Gasteiger partial charge is 0.514 e. The first-order chi connectivity index (χ1) is 18.6. The molecular weight excluding hydrogens is 496 g/mol. The second kappa shape index (κ2) is 17.7. The van der Waals surface area contributed by atoms with E-state index in [9.17, 15) is 13.9 Å². The van der Waals surface area contributed by atoms with E-state index in [1.165, 1.54) is 19.1 Å². The Morgan fingerprint density at radius 2 is 1.90 bits per heavy atom. The van der Waals surface area contributed by atoms with Gasteiger partial charge in [0.15, 0.2) is 6.17 Å². The molecule has 0 saturated carbocycles. The SMILES string of the molecule is C=C/C=C(\C=C(\C)CC)NC1=NC(N/C(C)=C/NCC(=C)C)/C(=C\O)N1CC(/C=C/F)=C(/CC)C/C=C(\C)F.